The number of benzene rings is 2. The van der Waals surface area contributed by atoms with Crippen molar-refractivity contribution in [3.05, 3.63) is 52.5 Å². The number of aromatic nitrogens is 1. The van der Waals surface area contributed by atoms with E-state index < -0.39 is 0 Å². The van der Waals surface area contributed by atoms with Gasteiger partial charge in [-0.3, -0.25) is 5.32 Å². The molecule has 1 aromatic heterocycles. The number of hydrogen-bond acceptors (Lipinski definition) is 3. The molecule has 0 radical (unpaired) electrons. The van der Waals surface area contributed by atoms with E-state index in [1.165, 1.54) is 11.3 Å². The Morgan fingerprint density at radius 3 is 2.67 bits per heavy atom. The van der Waals surface area contributed by atoms with Crippen LogP contribution in [0.4, 0.5) is 15.6 Å². The standard InChI is InChI=1S/C15H12BrN3OS/c1-9-2-5-11(6-3-9)17-14(20)19-15-18-12-8-10(16)4-7-13(12)21-15/h2-8H,1H3,(H2,17,18,19,20). The van der Waals surface area contributed by atoms with Gasteiger partial charge in [0.1, 0.15) is 0 Å². The zero-order valence-electron chi connectivity index (χ0n) is 11.2. The maximum Gasteiger partial charge on any atom is 0.325 e. The van der Waals surface area contributed by atoms with Gasteiger partial charge in [0.15, 0.2) is 5.13 Å². The Bertz CT molecular complexity index is 798. The van der Waals surface area contributed by atoms with Crippen molar-refractivity contribution >= 4 is 54.3 Å². The average molecular weight is 362 g/mol. The maximum absolute atomic E-state index is 11.9. The van der Waals surface area contributed by atoms with E-state index in [0.29, 0.717) is 5.13 Å². The summed E-state index contributed by atoms with van der Waals surface area (Å²) in [6, 6.07) is 13.2. The van der Waals surface area contributed by atoms with Crippen molar-refractivity contribution in [3.8, 4) is 0 Å². The van der Waals surface area contributed by atoms with Gasteiger partial charge >= 0.3 is 6.03 Å². The third-order valence-corrected chi connectivity index (χ3v) is 4.32. The Balaban J connectivity index is 1.72. The second-order valence-electron chi connectivity index (χ2n) is 4.58. The summed E-state index contributed by atoms with van der Waals surface area (Å²) in [4.78, 5) is 16.3. The number of amides is 2. The first-order valence-electron chi connectivity index (χ1n) is 6.31. The molecule has 0 aliphatic heterocycles. The highest BCUT2D eigenvalue weighted by molar-refractivity contribution is 9.10. The zero-order valence-corrected chi connectivity index (χ0v) is 13.6. The molecular formula is C15H12BrN3OS. The predicted octanol–water partition coefficient (Wildman–Crippen LogP) is 5.01. The van der Waals surface area contributed by atoms with Gasteiger partial charge in [-0.2, -0.15) is 0 Å². The number of nitrogens with one attached hydrogen (secondary N) is 2. The van der Waals surface area contributed by atoms with Crippen LogP contribution in [0.5, 0.6) is 0 Å². The number of carbonyl (C=O) groups excluding carboxylic acids is 1. The number of anilines is 2. The van der Waals surface area contributed by atoms with Crippen LogP contribution < -0.4 is 10.6 Å². The molecule has 0 aliphatic carbocycles. The van der Waals surface area contributed by atoms with E-state index in [-0.39, 0.29) is 6.03 Å². The van der Waals surface area contributed by atoms with E-state index >= 15 is 0 Å². The largest absolute Gasteiger partial charge is 0.325 e. The molecule has 4 nitrogen and oxygen atoms in total. The summed E-state index contributed by atoms with van der Waals surface area (Å²) < 4.78 is 2.00. The van der Waals surface area contributed by atoms with Crippen LogP contribution in [0.2, 0.25) is 0 Å². The highest BCUT2D eigenvalue weighted by Crippen LogP contribution is 2.28. The first kappa shape index (κ1) is 14.0. The zero-order chi connectivity index (χ0) is 14.8. The van der Waals surface area contributed by atoms with Gasteiger partial charge in [-0.15, -0.1) is 0 Å². The number of carbonyl (C=O) groups is 1. The van der Waals surface area contributed by atoms with Gasteiger partial charge < -0.3 is 5.32 Å². The van der Waals surface area contributed by atoms with Crippen LogP contribution in [0, 0.1) is 6.92 Å². The number of nitrogens with zero attached hydrogens (tertiary/aromatic N) is 1. The molecule has 6 heteroatoms. The first-order valence-corrected chi connectivity index (χ1v) is 7.92. The number of fused-ring (bicyclic) bond motifs is 1. The van der Waals surface area contributed by atoms with Crippen molar-refractivity contribution in [2.75, 3.05) is 10.6 Å². The Morgan fingerprint density at radius 1 is 1.14 bits per heavy atom. The van der Waals surface area contributed by atoms with Gasteiger partial charge in [-0.05, 0) is 37.3 Å². The molecule has 1 heterocycles. The molecule has 21 heavy (non-hydrogen) atoms. The SMILES string of the molecule is Cc1ccc(NC(=O)Nc2nc3cc(Br)ccc3s2)cc1. The van der Waals surface area contributed by atoms with Crippen molar-refractivity contribution < 1.29 is 4.79 Å². The molecule has 0 spiro atoms. The summed E-state index contributed by atoms with van der Waals surface area (Å²) in [7, 11) is 0. The number of aryl methyl sites for hydroxylation is 1. The minimum atomic E-state index is -0.294. The van der Waals surface area contributed by atoms with Crippen molar-refractivity contribution in [2.45, 2.75) is 6.92 Å². The number of urea groups is 1. The second-order valence-corrected chi connectivity index (χ2v) is 6.52. The van der Waals surface area contributed by atoms with Gasteiger partial charge in [0.2, 0.25) is 0 Å². The lowest BCUT2D eigenvalue weighted by molar-refractivity contribution is 0.262. The van der Waals surface area contributed by atoms with Gasteiger partial charge in [0.25, 0.3) is 0 Å². The Labute approximate surface area is 134 Å². The van der Waals surface area contributed by atoms with Crippen LogP contribution in [0.3, 0.4) is 0 Å². The molecule has 2 N–H and O–H groups in total. The van der Waals surface area contributed by atoms with Crippen LogP contribution in [0.25, 0.3) is 10.2 Å². The number of halogens is 1. The smallest absolute Gasteiger partial charge is 0.308 e. The minimum absolute atomic E-state index is 0.294. The molecule has 0 bridgehead atoms. The summed E-state index contributed by atoms with van der Waals surface area (Å²) in [6.45, 7) is 2.00. The van der Waals surface area contributed by atoms with Crippen molar-refractivity contribution in [2.24, 2.45) is 0 Å². The molecular weight excluding hydrogens is 350 g/mol. The van der Waals surface area contributed by atoms with Crippen LogP contribution in [0.15, 0.2) is 46.9 Å². The van der Waals surface area contributed by atoms with Crippen LogP contribution in [0.1, 0.15) is 5.56 Å². The first-order chi connectivity index (χ1) is 10.1. The van der Waals surface area contributed by atoms with Crippen LogP contribution >= 0.6 is 27.3 Å². The van der Waals surface area contributed by atoms with E-state index in [4.69, 9.17) is 0 Å². The van der Waals surface area contributed by atoms with Crippen molar-refractivity contribution in [1.29, 1.82) is 0 Å². The fourth-order valence-electron chi connectivity index (χ4n) is 1.85. The minimum Gasteiger partial charge on any atom is -0.308 e. The fourth-order valence-corrected chi connectivity index (χ4v) is 3.04. The lowest BCUT2D eigenvalue weighted by Crippen LogP contribution is -2.19. The van der Waals surface area contributed by atoms with Gasteiger partial charge in [-0.25, -0.2) is 9.78 Å². The van der Waals surface area contributed by atoms with Gasteiger partial charge in [0, 0.05) is 10.2 Å². The quantitative estimate of drug-likeness (QED) is 0.673. The predicted molar refractivity (Wildman–Crippen MR) is 91.1 cm³/mol. The lowest BCUT2D eigenvalue weighted by atomic mass is 10.2. The Morgan fingerprint density at radius 2 is 1.90 bits per heavy atom. The molecule has 0 fully saturated rings. The second kappa shape index (κ2) is 5.83. The molecule has 3 aromatic rings. The molecule has 106 valence electrons. The summed E-state index contributed by atoms with van der Waals surface area (Å²) in [6.07, 6.45) is 0. The molecule has 0 unspecified atom stereocenters. The van der Waals surface area contributed by atoms with Crippen LogP contribution in [-0.4, -0.2) is 11.0 Å². The Kier molecular flexibility index (Phi) is 3.90. The molecule has 2 amide bonds. The maximum atomic E-state index is 11.9. The molecule has 3 rings (SSSR count). The van der Waals surface area contributed by atoms with Crippen LogP contribution in [-0.2, 0) is 0 Å². The highest BCUT2D eigenvalue weighted by atomic mass is 79.9. The summed E-state index contributed by atoms with van der Waals surface area (Å²) in [5.41, 5.74) is 2.76. The lowest BCUT2D eigenvalue weighted by Gasteiger charge is -2.05. The summed E-state index contributed by atoms with van der Waals surface area (Å²) in [5.74, 6) is 0. The van der Waals surface area contributed by atoms with Crippen molar-refractivity contribution in [3.63, 3.8) is 0 Å². The summed E-state index contributed by atoms with van der Waals surface area (Å²) in [5, 5.41) is 6.11. The monoisotopic (exact) mass is 361 g/mol. The number of rotatable bonds is 2. The number of thiazole rings is 1. The van der Waals surface area contributed by atoms with E-state index in [1.807, 2.05) is 49.4 Å². The van der Waals surface area contributed by atoms with Gasteiger partial charge in [0.05, 0.1) is 10.2 Å². The normalized spacial score (nSPS) is 10.6. The highest BCUT2D eigenvalue weighted by Gasteiger charge is 2.08. The number of hydrogen-bond donors (Lipinski definition) is 2. The molecule has 0 saturated heterocycles. The van der Waals surface area contributed by atoms with E-state index in [2.05, 4.69) is 31.5 Å². The average Bonchev–Trinajstić information content (AvgIpc) is 2.82. The fraction of sp³-hybridized carbons (Fsp3) is 0.0667. The third-order valence-electron chi connectivity index (χ3n) is 2.88. The third kappa shape index (κ3) is 3.40. The Hall–Kier alpha value is -1.92. The molecule has 0 saturated carbocycles. The van der Waals surface area contributed by atoms with E-state index in [0.717, 1.165) is 25.9 Å². The molecule has 2 aromatic carbocycles. The van der Waals surface area contributed by atoms with E-state index in [1.54, 1.807) is 0 Å². The summed E-state index contributed by atoms with van der Waals surface area (Å²) >= 11 is 4.85. The molecule has 0 aliphatic rings. The van der Waals surface area contributed by atoms with E-state index in [9.17, 15) is 4.79 Å². The van der Waals surface area contributed by atoms with Crippen molar-refractivity contribution in [1.82, 2.24) is 4.98 Å². The van der Waals surface area contributed by atoms with Gasteiger partial charge in [-0.1, -0.05) is 45.0 Å². The topological polar surface area (TPSA) is 54.0 Å². The molecule has 0 atom stereocenters.